The van der Waals surface area contributed by atoms with Crippen LogP contribution in [0.4, 0.5) is 11.4 Å². The van der Waals surface area contributed by atoms with Gasteiger partial charge < -0.3 is 15.3 Å². The number of nitrogens with zero attached hydrogens (tertiary/aromatic N) is 1. The molecule has 0 aromatic heterocycles. The number of carboxylic acid groups (broad SMARTS) is 1. The first-order valence-corrected chi connectivity index (χ1v) is 6.78. The Hall–Kier alpha value is -2.04. The van der Waals surface area contributed by atoms with E-state index in [1.54, 1.807) is 0 Å². The number of amides is 1. The summed E-state index contributed by atoms with van der Waals surface area (Å²) in [5.74, 6) is -1.44. The number of carbonyl (C=O) groups is 2. The van der Waals surface area contributed by atoms with E-state index in [4.69, 9.17) is 5.11 Å². The predicted octanol–water partition coefficient (Wildman–Crippen LogP) is 2.19. The Morgan fingerprint density at radius 1 is 1.15 bits per heavy atom. The second-order valence-electron chi connectivity index (χ2n) is 5.48. The molecule has 1 saturated carbocycles. The summed E-state index contributed by atoms with van der Waals surface area (Å²) in [5, 5.41) is 11.8. The van der Waals surface area contributed by atoms with Crippen molar-refractivity contribution >= 4 is 23.3 Å². The van der Waals surface area contributed by atoms with E-state index in [1.165, 1.54) is 0 Å². The van der Waals surface area contributed by atoms with Gasteiger partial charge in [0.05, 0.1) is 5.92 Å². The molecule has 5 nitrogen and oxygen atoms in total. The lowest BCUT2D eigenvalue weighted by atomic mass is 10.0. The molecule has 0 spiro atoms. The summed E-state index contributed by atoms with van der Waals surface area (Å²) >= 11 is 0. The first-order valence-electron chi connectivity index (χ1n) is 6.78. The fourth-order valence-corrected chi connectivity index (χ4v) is 2.53. The maximum absolute atomic E-state index is 12.1. The summed E-state index contributed by atoms with van der Waals surface area (Å²) in [6.07, 6.45) is 1.68. The topological polar surface area (TPSA) is 69.6 Å². The van der Waals surface area contributed by atoms with Crippen LogP contribution in [0, 0.1) is 11.8 Å². The molecule has 2 N–H and O–H groups in total. The van der Waals surface area contributed by atoms with E-state index in [9.17, 15) is 9.59 Å². The van der Waals surface area contributed by atoms with Crippen molar-refractivity contribution in [2.45, 2.75) is 19.3 Å². The fraction of sp³-hybridized carbons (Fsp3) is 0.467. The molecule has 1 aliphatic carbocycles. The second kappa shape index (κ2) is 5.94. The Bertz CT molecular complexity index is 496. The highest BCUT2D eigenvalue weighted by molar-refractivity contribution is 5.93. The van der Waals surface area contributed by atoms with Crippen LogP contribution in [0.25, 0.3) is 0 Å². The quantitative estimate of drug-likeness (QED) is 0.884. The van der Waals surface area contributed by atoms with E-state index < -0.39 is 5.97 Å². The Labute approximate surface area is 118 Å². The molecule has 2 atom stereocenters. The maximum atomic E-state index is 12.1. The number of aliphatic carboxylic acids is 1. The summed E-state index contributed by atoms with van der Waals surface area (Å²) in [5.41, 5.74) is 1.81. The minimum absolute atomic E-state index is 0.0775. The van der Waals surface area contributed by atoms with Crippen LogP contribution < -0.4 is 10.2 Å². The van der Waals surface area contributed by atoms with Crippen molar-refractivity contribution in [1.29, 1.82) is 0 Å². The molecule has 1 amide bonds. The van der Waals surface area contributed by atoms with Gasteiger partial charge in [0, 0.05) is 31.4 Å². The van der Waals surface area contributed by atoms with Crippen molar-refractivity contribution in [2.24, 2.45) is 11.8 Å². The predicted molar refractivity (Wildman–Crippen MR) is 77.9 cm³/mol. The zero-order valence-electron chi connectivity index (χ0n) is 11.8. The van der Waals surface area contributed by atoms with E-state index in [1.807, 2.05) is 43.3 Å². The third-order valence-corrected chi connectivity index (χ3v) is 3.80. The fourth-order valence-electron chi connectivity index (χ4n) is 2.53. The molecule has 0 aliphatic heterocycles. The largest absolute Gasteiger partial charge is 0.481 e. The van der Waals surface area contributed by atoms with Crippen LogP contribution in [-0.4, -0.2) is 31.1 Å². The van der Waals surface area contributed by atoms with Gasteiger partial charge in [-0.15, -0.1) is 0 Å². The van der Waals surface area contributed by atoms with Gasteiger partial charge in [0.15, 0.2) is 0 Å². The molecule has 20 heavy (non-hydrogen) atoms. The number of hydrogen-bond donors (Lipinski definition) is 2. The summed E-state index contributed by atoms with van der Waals surface area (Å²) in [6, 6.07) is 7.59. The molecular weight excluding hydrogens is 256 g/mol. The van der Waals surface area contributed by atoms with Crippen molar-refractivity contribution < 1.29 is 14.7 Å². The second-order valence-corrected chi connectivity index (χ2v) is 5.48. The zero-order chi connectivity index (χ0) is 14.7. The molecule has 1 aliphatic rings. The molecule has 2 rings (SSSR count). The van der Waals surface area contributed by atoms with Gasteiger partial charge >= 0.3 is 5.97 Å². The van der Waals surface area contributed by atoms with Gasteiger partial charge in [0.1, 0.15) is 0 Å². The molecule has 0 heterocycles. The number of carboxylic acids is 1. The number of hydrogen-bond acceptors (Lipinski definition) is 3. The van der Waals surface area contributed by atoms with Gasteiger partial charge in [-0.25, -0.2) is 0 Å². The number of carbonyl (C=O) groups excluding carboxylic acids is 1. The van der Waals surface area contributed by atoms with Crippen molar-refractivity contribution in [3.05, 3.63) is 24.3 Å². The van der Waals surface area contributed by atoms with Gasteiger partial charge in [-0.3, -0.25) is 9.59 Å². The molecular formula is C15H20N2O3. The molecule has 108 valence electrons. The SMILES string of the molecule is CN(C)c1ccc(NC(=O)C2CCC(C(=O)O)C2)cc1. The van der Waals surface area contributed by atoms with Crippen LogP contribution in [0.3, 0.4) is 0 Å². The first-order chi connectivity index (χ1) is 9.47. The lowest BCUT2D eigenvalue weighted by molar-refractivity contribution is -0.141. The molecule has 1 aromatic rings. The van der Waals surface area contributed by atoms with Crippen molar-refractivity contribution in [3.63, 3.8) is 0 Å². The minimum atomic E-state index is -0.796. The lowest BCUT2D eigenvalue weighted by Gasteiger charge is -2.14. The Morgan fingerprint density at radius 3 is 2.25 bits per heavy atom. The van der Waals surface area contributed by atoms with E-state index in [-0.39, 0.29) is 17.7 Å². The average Bonchev–Trinajstić information content (AvgIpc) is 2.89. The Balaban J connectivity index is 1.93. The summed E-state index contributed by atoms with van der Waals surface area (Å²) in [4.78, 5) is 25.0. The highest BCUT2D eigenvalue weighted by Gasteiger charge is 2.33. The molecule has 1 fully saturated rings. The van der Waals surface area contributed by atoms with Crippen LogP contribution in [0.1, 0.15) is 19.3 Å². The van der Waals surface area contributed by atoms with Crippen molar-refractivity contribution in [2.75, 3.05) is 24.3 Å². The number of nitrogens with one attached hydrogen (secondary N) is 1. The normalized spacial score (nSPS) is 21.5. The summed E-state index contributed by atoms with van der Waals surface area (Å²) in [7, 11) is 3.91. The number of rotatable bonds is 4. The minimum Gasteiger partial charge on any atom is -0.481 e. The average molecular weight is 276 g/mol. The molecule has 0 radical (unpaired) electrons. The van der Waals surface area contributed by atoms with Crippen molar-refractivity contribution in [3.8, 4) is 0 Å². The van der Waals surface area contributed by atoms with Crippen LogP contribution in [-0.2, 0) is 9.59 Å². The molecule has 0 saturated heterocycles. The van der Waals surface area contributed by atoms with Gasteiger partial charge in [0.2, 0.25) is 5.91 Å². The van der Waals surface area contributed by atoms with Gasteiger partial charge in [-0.1, -0.05) is 0 Å². The van der Waals surface area contributed by atoms with E-state index in [2.05, 4.69) is 5.32 Å². The maximum Gasteiger partial charge on any atom is 0.306 e. The number of benzene rings is 1. The van der Waals surface area contributed by atoms with Crippen LogP contribution in [0.5, 0.6) is 0 Å². The van der Waals surface area contributed by atoms with Crippen molar-refractivity contribution in [1.82, 2.24) is 0 Å². The summed E-state index contributed by atoms with van der Waals surface area (Å²) < 4.78 is 0. The van der Waals surface area contributed by atoms with E-state index in [0.717, 1.165) is 11.4 Å². The standard InChI is InChI=1S/C15H20N2O3/c1-17(2)13-7-5-12(6-8-13)16-14(18)10-3-4-11(9-10)15(19)20/h5-8,10-11H,3-4,9H2,1-2H3,(H,16,18)(H,19,20). The highest BCUT2D eigenvalue weighted by Crippen LogP contribution is 2.32. The monoisotopic (exact) mass is 276 g/mol. The molecule has 2 unspecified atom stereocenters. The lowest BCUT2D eigenvalue weighted by Crippen LogP contribution is -2.21. The highest BCUT2D eigenvalue weighted by atomic mass is 16.4. The molecule has 0 bridgehead atoms. The van der Waals surface area contributed by atoms with Crippen LogP contribution in [0.2, 0.25) is 0 Å². The van der Waals surface area contributed by atoms with Gasteiger partial charge in [0.25, 0.3) is 0 Å². The number of anilines is 2. The smallest absolute Gasteiger partial charge is 0.306 e. The van der Waals surface area contributed by atoms with E-state index >= 15 is 0 Å². The van der Waals surface area contributed by atoms with Crippen LogP contribution >= 0.6 is 0 Å². The zero-order valence-corrected chi connectivity index (χ0v) is 11.8. The van der Waals surface area contributed by atoms with Crippen LogP contribution in [0.15, 0.2) is 24.3 Å². The Kier molecular flexibility index (Phi) is 4.27. The Morgan fingerprint density at radius 2 is 1.75 bits per heavy atom. The third-order valence-electron chi connectivity index (χ3n) is 3.80. The van der Waals surface area contributed by atoms with Gasteiger partial charge in [-0.2, -0.15) is 0 Å². The first kappa shape index (κ1) is 14.4. The summed E-state index contributed by atoms with van der Waals surface area (Å²) in [6.45, 7) is 0. The molecule has 1 aromatic carbocycles. The third kappa shape index (κ3) is 3.29. The molecule has 5 heteroatoms. The van der Waals surface area contributed by atoms with E-state index in [0.29, 0.717) is 19.3 Å². The van der Waals surface area contributed by atoms with Gasteiger partial charge in [-0.05, 0) is 43.5 Å².